The first kappa shape index (κ1) is 16.5. The second-order valence-corrected chi connectivity index (χ2v) is 4.70. The lowest BCUT2D eigenvalue weighted by Gasteiger charge is -2.08. The summed E-state index contributed by atoms with van der Waals surface area (Å²) < 4.78 is 5.34. The largest absolute Gasteiger partial charge is 0.494 e. The molecule has 0 radical (unpaired) electrons. The highest BCUT2D eigenvalue weighted by Gasteiger charge is 2.07. The van der Waals surface area contributed by atoms with Gasteiger partial charge in [-0.05, 0) is 55.5 Å². The van der Waals surface area contributed by atoms with Crippen LogP contribution in [0.25, 0.3) is 0 Å². The van der Waals surface area contributed by atoms with Crippen molar-refractivity contribution in [3.8, 4) is 5.75 Å². The average Bonchev–Trinajstić information content (AvgIpc) is 2.57. The van der Waals surface area contributed by atoms with Crippen LogP contribution < -0.4 is 15.4 Å². The Morgan fingerprint density at radius 1 is 0.957 bits per heavy atom. The SMILES string of the molecule is CCOc1ccc(NC(=O)c2ccc(NC(=O)CO)cc2)cc1. The smallest absolute Gasteiger partial charge is 0.255 e. The van der Waals surface area contributed by atoms with Crippen molar-refractivity contribution in [3.63, 3.8) is 0 Å². The average molecular weight is 314 g/mol. The van der Waals surface area contributed by atoms with E-state index in [0.29, 0.717) is 23.5 Å². The van der Waals surface area contributed by atoms with Crippen molar-refractivity contribution in [1.29, 1.82) is 0 Å². The molecule has 0 saturated carbocycles. The third kappa shape index (κ3) is 4.82. The predicted molar refractivity (Wildman–Crippen MR) is 87.7 cm³/mol. The van der Waals surface area contributed by atoms with Crippen LogP contribution >= 0.6 is 0 Å². The van der Waals surface area contributed by atoms with Gasteiger partial charge in [0.25, 0.3) is 5.91 Å². The highest BCUT2D eigenvalue weighted by molar-refractivity contribution is 6.04. The zero-order valence-electron chi connectivity index (χ0n) is 12.7. The van der Waals surface area contributed by atoms with Crippen molar-refractivity contribution >= 4 is 23.2 Å². The van der Waals surface area contributed by atoms with E-state index in [1.807, 2.05) is 6.92 Å². The van der Waals surface area contributed by atoms with E-state index in [4.69, 9.17) is 9.84 Å². The number of carbonyl (C=O) groups is 2. The normalized spacial score (nSPS) is 10.0. The number of nitrogens with one attached hydrogen (secondary N) is 2. The summed E-state index contributed by atoms with van der Waals surface area (Å²) in [7, 11) is 0. The van der Waals surface area contributed by atoms with Crippen molar-refractivity contribution in [3.05, 3.63) is 54.1 Å². The van der Waals surface area contributed by atoms with E-state index in [9.17, 15) is 9.59 Å². The molecule has 0 spiro atoms. The molecule has 6 heteroatoms. The van der Waals surface area contributed by atoms with Crippen LogP contribution in [0.3, 0.4) is 0 Å². The summed E-state index contributed by atoms with van der Waals surface area (Å²) >= 11 is 0. The molecule has 0 aliphatic rings. The summed E-state index contributed by atoms with van der Waals surface area (Å²) in [5.74, 6) is -0.0136. The van der Waals surface area contributed by atoms with Crippen LogP contribution in [-0.2, 0) is 4.79 Å². The fraction of sp³-hybridized carbons (Fsp3) is 0.176. The van der Waals surface area contributed by atoms with E-state index in [2.05, 4.69) is 10.6 Å². The first-order chi connectivity index (χ1) is 11.1. The summed E-state index contributed by atoms with van der Waals surface area (Å²) in [5, 5.41) is 13.9. The summed E-state index contributed by atoms with van der Waals surface area (Å²) in [6.45, 7) is 1.91. The lowest BCUT2D eigenvalue weighted by Crippen LogP contribution is -2.16. The van der Waals surface area contributed by atoms with Gasteiger partial charge in [0.2, 0.25) is 5.91 Å². The monoisotopic (exact) mass is 314 g/mol. The Kier molecular flexibility index (Phi) is 5.71. The molecule has 2 aromatic rings. The van der Waals surface area contributed by atoms with Gasteiger partial charge < -0.3 is 20.5 Å². The summed E-state index contributed by atoms with van der Waals surface area (Å²) in [5.41, 5.74) is 1.64. The lowest BCUT2D eigenvalue weighted by atomic mass is 10.2. The van der Waals surface area contributed by atoms with Crippen LogP contribution in [0.15, 0.2) is 48.5 Å². The number of ether oxygens (including phenoxy) is 1. The van der Waals surface area contributed by atoms with E-state index in [-0.39, 0.29) is 5.91 Å². The molecule has 0 unspecified atom stereocenters. The Labute approximate surface area is 134 Å². The third-order valence-corrected chi connectivity index (χ3v) is 3.00. The van der Waals surface area contributed by atoms with Crippen LogP contribution in [0, 0.1) is 0 Å². The van der Waals surface area contributed by atoms with Gasteiger partial charge in [-0.2, -0.15) is 0 Å². The summed E-state index contributed by atoms with van der Waals surface area (Å²) in [4.78, 5) is 23.2. The molecule has 23 heavy (non-hydrogen) atoms. The van der Waals surface area contributed by atoms with Crippen LogP contribution in [0.4, 0.5) is 11.4 Å². The van der Waals surface area contributed by atoms with Gasteiger partial charge in [-0.15, -0.1) is 0 Å². The topological polar surface area (TPSA) is 87.7 Å². The molecule has 0 saturated heterocycles. The molecule has 3 N–H and O–H groups in total. The fourth-order valence-electron chi connectivity index (χ4n) is 1.91. The number of hydrogen-bond acceptors (Lipinski definition) is 4. The Balaban J connectivity index is 1.98. The van der Waals surface area contributed by atoms with Gasteiger partial charge in [-0.3, -0.25) is 9.59 Å². The van der Waals surface area contributed by atoms with Gasteiger partial charge in [-0.25, -0.2) is 0 Å². The van der Waals surface area contributed by atoms with Crippen molar-refractivity contribution in [2.75, 3.05) is 23.8 Å². The molecule has 0 bridgehead atoms. The van der Waals surface area contributed by atoms with E-state index in [1.165, 1.54) is 0 Å². The summed E-state index contributed by atoms with van der Waals surface area (Å²) in [6, 6.07) is 13.5. The van der Waals surface area contributed by atoms with E-state index < -0.39 is 12.5 Å². The van der Waals surface area contributed by atoms with Crippen LogP contribution in [0.5, 0.6) is 5.75 Å². The number of aliphatic hydroxyl groups excluding tert-OH is 1. The Hall–Kier alpha value is -2.86. The molecule has 0 aliphatic heterocycles. The second kappa shape index (κ2) is 7.95. The number of amides is 2. The van der Waals surface area contributed by atoms with Gasteiger partial charge in [0, 0.05) is 16.9 Å². The minimum absolute atomic E-state index is 0.255. The third-order valence-electron chi connectivity index (χ3n) is 3.00. The Bertz CT molecular complexity index is 666. The lowest BCUT2D eigenvalue weighted by molar-refractivity contribution is -0.118. The van der Waals surface area contributed by atoms with Gasteiger partial charge in [0.05, 0.1) is 6.61 Å². The molecule has 6 nitrogen and oxygen atoms in total. The molecule has 0 atom stereocenters. The number of carbonyl (C=O) groups excluding carboxylic acids is 2. The van der Waals surface area contributed by atoms with E-state index >= 15 is 0 Å². The Morgan fingerprint density at radius 3 is 2.09 bits per heavy atom. The van der Waals surface area contributed by atoms with E-state index in [0.717, 1.165) is 5.75 Å². The number of benzene rings is 2. The van der Waals surface area contributed by atoms with Crippen molar-refractivity contribution in [1.82, 2.24) is 0 Å². The zero-order valence-corrected chi connectivity index (χ0v) is 12.7. The van der Waals surface area contributed by atoms with Gasteiger partial charge in [0.15, 0.2) is 0 Å². The van der Waals surface area contributed by atoms with Crippen LogP contribution in [0.2, 0.25) is 0 Å². The van der Waals surface area contributed by atoms with Crippen molar-refractivity contribution in [2.45, 2.75) is 6.92 Å². The highest BCUT2D eigenvalue weighted by Crippen LogP contribution is 2.17. The van der Waals surface area contributed by atoms with Gasteiger partial charge in [-0.1, -0.05) is 0 Å². The number of hydrogen-bond donors (Lipinski definition) is 3. The molecule has 0 aliphatic carbocycles. The van der Waals surface area contributed by atoms with Crippen LogP contribution in [0.1, 0.15) is 17.3 Å². The minimum Gasteiger partial charge on any atom is -0.494 e. The first-order valence-electron chi connectivity index (χ1n) is 7.17. The number of rotatable bonds is 6. The standard InChI is InChI=1S/C17H18N2O4/c1-2-23-15-9-7-14(8-10-15)19-17(22)12-3-5-13(6-4-12)18-16(21)11-20/h3-10,20H,2,11H2,1H3,(H,18,21)(H,19,22). The molecule has 2 aromatic carbocycles. The fourth-order valence-corrected chi connectivity index (χ4v) is 1.91. The molecule has 120 valence electrons. The molecule has 0 aromatic heterocycles. The zero-order chi connectivity index (χ0) is 16.7. The van der Waals surface area contributed by atoms with E-state index in [1.54, 1.807) is 48.5 Å². The molecular formula is C17H18N2O4. The van der Waals surface area contributed by atoms with Crippen LogP contribution in [-0.4, -0.2) is 30.1 Å². The number of anilines is 2. The first-order valence-corrected chi connectivity index (χ1v) is 7.17. The number of aliphatic hydroxyl groups is 1. The summed E-state index contributed by atoms with van der Waals surface area (Å²) in [6.07, 6.45) is 0. The highest BCUT2D eigenvalue weighted by atomic mass is 16.5. The Morgan fingerprint density at radius 2 is 1.52 bits per heavy atom. The van der Waals surface area contributed by atoms with Crippen molar-refractivity contribution < 1.29 is 19.4 Å². The second-order valence-electron chi connectivity index (χ2n) is 4.70. The van der Waals surface area contributed by atoms with Gasteiger partial charge in [0.1, 0.15) is 12.4 Å². The quantitative estimate of drug-likeness (QED) is 0.763. The maximum atomic E-state index is 12.1. The maximum Gasteiger partial charge on any atom is 0.255 e. The molecule has 0 fully saturated rings. The molecule has 2 amide bonds. The molecular weight excluding hydrogens is 296 g/mol. The molecule has 0 heterocycles. The van der Waals surface area contributed by atoms with Gasteiger partial charge >= 0.3 is 0 Å². The predicted octanol–water partition coefficient (Wildman–Crippen LogP) is 2.27. The molecule has 2 rings (SSSR count). The van der Waals surface area contributed by atoms with Crippen molar-refractivity contribution in [2.24, 2.45) is 0 Å². The maximum absolute atomic E-state index is 12.1. The minimum atomic E-state index is -0.583.